The number of rotatable bonds is 3. The SMILES string of the molecule is CCn1nc2ccc(B3OC(C)(C)C(C)(C)O3)c(Cl)c2c1OC. The molecular weight excluding hydrogens is 314 g/mol. The second-order valence-corrected chi connectivity index (χ2v) is 7.15. The molecule has 1 saturated heterocycles. The normalized spacial score (nSPS) is 19.5. The predicted octanol–water partition coefficient (Wildman–Crippen LogP) is 3.02. The summed E-state index contributed by atoms with van der Waals surface area (Å²) in [4.78, 5) is 0. The van der Waals surface area contributed by atoms with Gasteiger partial charge in [-0.1, -0.05) is 17.7 Å². The smallest absolute Gasteiger partial charge is 0.481 e. The second kappa shape index (κ2) is 5.40. The minimum absolute atomic E-state index is 0.409. The molecule has 0 N–H and O–H groups in total. The van der Waals surface area contributed by atoms with E-state index in [2.05, 4.69) is 5.10 Å². The predicted molar refractivity (Wildman–Crippen MR) is 92.7 cm³/mol. The molecule has 2 aromatic rings. The summed E-state index contributed by atoms with van der Waals surface area (Å²) in [7, 11) is 1.12. The largest absolute Gasteiger partial charge is 0.496 e. The molecule has 0 saturated carbocycles. The molecule has 23 heavy (non-hydrogen) atoms. The van der Waals surface area contributed by atoms with Gasteiger partial charge in [-0.2, -0.15) is 5.10 Å². The van der Waals surface area contributed by atoms with E-state index >= 15 is 0 Å². The van der Waals surface area contributed by atoms with Crippen LogP contribution in [-0.2, 0) is 15.9 Å². The Kier molecular flexibility index (Phi) is 3.90. The van der Waals surface area contributed by atoms with Gasteiger partial charge < -0.3 is 14.0 Å². The highest BCUT2D eigenvalue weighted by molar-refractivity contribution is 6.66. The van der Waals surface area contributed by atoms with Crippen LogP contribution < -0.4 is 10.2 Å². The molecule has 0 amide bonds. The van der Waals surface area contributed by atoms with Crippen molar-refractivity contribution in [3.05, 3.63) is 17.2 Å². The average molecular weight is 337 g/mol. The molecule has 3 rings (SSSR count). The number of benzene rings is 1. The summed E-state index contributed by atoms with van der Waals surface area (Å²) < 4.78 is 19.5. The Hall–Kier alpha value is -1.24. The Labute approximate surface area is 142 Å². The first-order chi connectivity index (χ1) is 10.7. The number of fused-ring (bicyclic) bond motifs is 1. The quantitative estimate of drug-likeness (QED) is 0.808. The fourth-order valence-electron chi connectivity index (χ4n) is 2.75. The van der Waals surface area contributed by atoms with Crippen LogP contribution in [0.1, 0.15) is 34.6 Å². The molecule has 1 aromatic carbocycles. The molecule has 124 valence electrons. The minimum Gasteiger partial charge on any atom is -0.481 e. The van der Waals surface area contributed by atoms with Crippen LogP contribution in [-0.4, -0.2) is 35.2 Å². The fourth-order valence-corrected chi connectivity index (χ4v) is 3.08. The summed E-state index contributed by atoms with van der Waals surface area (Å²) >= 11 is 6.67. The van der Waals surface area contributed by atoms with E-state index < -0.39 is 18.3 Å². The molecule has 0 unspecified atom stereocenters. The molecule has 1 aliphatic rings. The zero-order valence-electron chi connectivity index (χ0n) is 14.4. The number of halogens is 1. The van der Waals surface area contributed by atoms with Crippen molar-refractivity contribution in [2.75, 3.05) is 7.11 Å². The minimum atomic E-state index is -0.508. The standard InChI is InChI=1S/C16H22BClN2O3/c1-7-20-14(21-6)12-11(19-20)9-8-10(13(12)18)17-22-15(2,3)16(4,5)23-17/h8-9H,7H2,1-6H3. The van der Waals surface area contributed by atoms with E-state index in [1.54, 1.807) is 11.8 Å². The van der Waals surface area contributed by atoms with Crippen LogP contribution in [0.2, 0.25) is 5.02 Å². The van der Waals surface area contributed by atoms with Crippen LogP contribution in [0.15, 0.2) is 12.1 Å². The monoisotopic (exact) mass is 336 g/mol. The fraction of sp³-hybridized carbons (Fsp3) is 0.562. The Balaban J connectivity index is 2.12. The number of nitrogens with zero attached hydrogens (tertiary/aromatic N) is 2. The van der Waals surface area contributed by atoms with Crippen molar-refractivity contribution >= 4 is 35.1 Å². The topological polar surface area (TPSA) is 45.5 Å². The van der Waals surface area contributed by atoms with Gasteiger partial charge in [-0.05, 0) is 40.7 Å². The maximum atomic E-state index is 6.67. The van der Waals surface area contributed by atoms with Crippen molar-refractivity contribution in [3.8, 4) is 5.88 Å². The van der Waals surface area contributed by atoms with Gasteiger partial charge >= 0.3 is 7.12 Å². The lowest BCUT2D eigenvalue weighted by Crippen LogP contribution is -2.41. The van der Waals surface area contributed by atoms with Gasteiger partial charge in [0.2, 0.25) is 5.88 Å². The van der Waals surface area contributed by atoms with E-state index in [1.807, 2.05) is 46.8 Å². The van der Waals surface area contributed by atoms with E-state index in [1.165, 1.54) is 0 Å². The van der Waals surface area contributed by atoms with Gasteiger partial charge in [0, 0.05) is 12.0 Å². The first kappa shape index (κ1) is 16.6. The molecule has 1 aromatic heterocycles. The van der Waals surface area contributed by atoms with Crippen molar-refractivity contribution < 1.29 is 14.0 Å². The molecule has 1 fully saturated rings. The number of aromatic nitrogens is 2. The van der Waals surface area contributed by atoms with Gasteiger partial charge in [0.15, 0.2) is 0 Å². The molecular formula is C16H22BClN2O3. The van der Waals surface area contributed by atoms with Crippen molar-refractivity contribution in [2.45, 2.75) is 52.4 Å². The Bertz CT molecular complexity index is 741. The summed E-state index contributed by atoms with van der Waals surface area (Å²) in [6, 6.07) is 3.84. The number of aryl methyl sites for hydroxylation is 1. The summed E-state index contributed by atoms with van der Waals surface area (Å²) in [6.07, 6.45) is 0. The third-order valence-electron chi connectivity index (χ3n) is 4.83. The lowest BCUT2D eigenvalue weighted by molar-refractivity contribution is 0.00578. The molecule has 0 atom stereocenters. The Morgan fingerprint density at radius 1 is 1.22 bits per heavy atom. The Morgan fingerprint density at radius 2 is 1.83 bits per heavy atom. The van der Waals surface area contributed by atoms with Gasteiger partial charge in [-0.25, -0.2) is 4.68 Å². The summed E-state index contributed by atoms with van der Waals surface area (Å²) in [5.74, 6) is 0.658. The molecule has 5 nitrogen and oxygen atoms in total. The molecule has 7 heteroatoms. The maximum Gasteiger partial charge on any atom is 0.496 e. The van der Waals surface area contributed by atoms with E-state index in [-0.39, 0.29) is 0 Å². The van der Waals surface area contributed by atoms with Crippen molar-refractivity contribution in [1.29, 1.82) is 0 Å². The van der Waals surface area contributed by atoms with Crippen molar-refractivity contribution in [3.63, 3.8) is 0 Å². The lowest BCUT2D eigenvalue weighted by Gasteiger charge is -2.32. The van der Waals surface area contributed by atoms with Crippen LogP contribution in [0.3, 0.4) is 0 Å². The molecule has 0 aliphatic carbocycles. The van der Waals surface area contributed by atoms with Crippen LogP contribution >= 0.6 is 11.6 Å². The Morgan fingerprint density at radius 3 is 2.35 bits per heavy atom. The summed E-state index contributed by atoms with van der Waals surface area (Å²) in [5.41, 5.74) is 0.780. The zero-order valence-corrected chi connectivity index (χ0v) is 15.2. The van der Waals surface area contributed by atoms with Crippen molar-refractivity contribution in [1.82, 2.24) is 9.78 Å². The van der Waals surface area contributed by atoms with E-state index in [0.29, 0.717) is 17.4 Å². The second-order valence-electron chi connectivity index (χ2n) is 6.78. The lowest BCUT2D eigenvalue weighted by atomic mass is 9.78. The van der Waals surface area contributed by atoms with E-state index in [9.17, 15) is 0 Å². The zero-order chi connectivity index (χ0) is 17.0. The highest BCUT2D eigenvalue weighted by Crippen LogP contribution is 2.38. The highest BCUT2D eigenvalue weighted by Gasteiger charge is 2.52. The van der Waals surface area contributed by atoms with Crippen molar-refractivity contribution in [2.24, 2.45) is 0 Å². The van der Waals surface area contributed by atoms with Gasteiger partial charge in [0.05, 0.1) is 34.2 Å². The summed E-state index contributed by atoms with van der Waals surface area (Å²) in [6.45, 7) is 10.8. The van der Waals surface area contributed by atoms with Gasteiger partial charge in [0.1, 0.15) is 0 Å². The molecule has 0 bridgehead atoms. The third kappa shape index (κ3) is 2.44. The van der Waals surface area contributed by atoms with Gasteiger partial charge in [-0.3, -0.25) is 0 Å². The molecule has 2 heterocycles. The maximum absolute atomic E-state index is 6.67. The first-order valence-electron chi connectivity index (χ1n) is 7.80. The van der Waals surface area contributed by atoms with Gasteiger partial charge in [-0.15, -0.1) is 0 Å². The number of hydrogen-bond donors (Lipinski definition) is 0. The van der Waals surface area contributed by atoms with Crippen LogP contribution in [0.4, 0.5) is 0 Å². The molecule has 1 aliphatic heterocycles. The highest BCUT2D eigenvalue weighted by atomic mass is 35.5. The molecule has 0 spiro atoms. The number of ether oxygens (including phenoxy) is 1. The van der Waals surface area contributed by atoms with Crippen LogP contribution in [0, 0.1) is 0 Å². The van der Waals surface area contributed by atoms with E-state index in [0.717, 1.165) is 16.4 Å². The van der Waals surface area contributed by atoms with E-state index in [4.69, 9.17) is 25.6 Å². The first-order valence-corrected chi connectivity index (χ1v) is 8.18. The third-order valence-corrected chi connectivity index (χ3v) is 5.23. The molecule has 0 radical (unpaired) electrons. The number of hydrogen-bond acceptors (Lipinski definition) is 4. The van der Waals surface area contributed by atoms with Crippen LogP contribution in [0.25, 0.3) is 10.9 Å². The van der Waals surface area contributed by atoms with Crippen LogP contribution in [0.5, 0.6) is 5.88 Å². The average Bonchev–Trinajstić information content (AvgIpc) is 2.94. The summed E-state index contributed by atoms with van der Waals surface area (Å²) in [5, 5.41) is 5.88. The van der Waals surface area contributed by atoms with Gasteiger partial charge in [0.25, 0.3) is 0 Å². The number of methoxy groups -OCH3 is 1.